The van der Waals surface area contributed by atoms with Crippen LogP contribution in [0.15, 0.2) is 42.5 Å². The Morgan fingerprint density at radius 2 is 1.94 bits per heavy atom. The molecule has 0 atom stereocenters. The standard InChI is InChI=1S/C15H18O/c1-3-5-14(6-4-2)15-9-7-13(8-10-15)11-12-16/h3,5-10,12H,4,11H2,1-2H3/b5-3-,14-6+. The van der Waals surface area contributed by atoms with Crippen molar-refractivity contribution < 1.29 is 4.79 Å². The maximum atomic E-state index is 10.4. The molecule has 0 saturated carbocycles. The van der Waals surface area contributed by atoms with Crippen molar-refractivity contribution in [3.8, 4) is 0 Å². The highest BCUT2D eigenvalue weighted by Crippen LogP contribution is 2.17. The summed E-state index contributed by atoms with van der Waals surface area (Å²) in [5.41, 5.74) is 3.51. The molecule has 1 rings (SSSR count). The van der Waals surface area contributed by atoms with Gasteiger partial charge in [0.15, 0.2) is 0 Å². The largest absolute Gasteiger partial charge is 0.303 e. The van der Waals surface area contributed by atoms with Gasteiger partial charge in [0.2, 0.25) is 0 Å². The van der Waals surface area contributed by atoms with Crippen LogP contribution in [0, 0.1) is 0 Å². The second-order valence-corrected chi connectivity index (χ2v) is 3.64. The zero-order valence-electron chi connectivity index (χ0n) is 9.94. The lowest BCUT2D eigenvalue weighted by atomic mass is 10.0. The molecule has 0 radical (unpaired) electrons. The molecule has 1 heteroatoms. The van der Waals surface area contributed by atoms with Crippen LogP contribution in [-0.2, 0) is 11.2 Å². The Bertz CT molecular complexity index is 382. The highest BCUT2D eigenvalue weighted by atomic mass is 16.1. The summed E-state index contributed by atoms with van der Waals surface area (Å²) in [5, 5.41) is 0. The molecule has 0 unspecified atom stereocenters. The van der Waals surface area contributed by atoms with Crippen LogP contribution in [0.3, 0.4) is 0 Å². The van der Waals surface area contributed by atoms with E-state index in [4.69, 9.17) is 0 Å². The molecule has 84 valence electrons. The molecule has 1 aromatic carbocycles. The predicted octanol–water partition coefficient (Wildman–Crippen LogP) is 3.80. The Kier molecular flexibility index (Phi) is 5.27. The highest BCUT2D eigenvalue weighted by Gasteiger charge is 1.97. The topological polar surface area (TPSA) is 17.1 Å². The van der Waals surface area contributed by atoms with Crippen molar-refractivity contribution in [1.82, 2.24) is 0 Å². The third kappa shape index (κ3) is 3.50. The van der Waals surface area contributed by atoms with Gasteiger partial charge in [-0.2, -0.15) is 0 Å². The Hall–Kier alpha value is -1.63. The van der Waals surface area contributed by atoms with Crippen molar-refractivity contribution in [1.29, 1.82) is 0 Å². The van der Waals surface area contributed by atoms with E-state index < -0.39 is 0 Å². The van der Waals surface area contributed by atoms with Gasteiger partial charge in [-0.15, -0.1) is 0 Å². The van der Waals surface area contributed by atoms with Crippen LogP contribution in [-0.4, -0.2) is 6.29 Å². The number of benzene rings is 1. The highest BCUT2D eigenvalue weighted by molar-refractivity contribution is 5.74. The first kappa shape index (κ1) is 12.4. The van der Waals surface area contributed by atoms with Crippen LogP contribution in [0.1, 0.15) is 31.4 Å². The van der Waals surface area contributed by atoms with Gasteiger partial charge in [0.25, 0.3) is 0 Å². The van der Waals surface area contributed by atoms with E-state index in [1.807, 2.05) is 25.1 Å². The van der Waals surface area contributed by atoms with Crippen molar-refractivity contribution in [2.75, 3.05) is 0 Å². The van der Waals surface area contributed by atoms with E-state index in [2.05, 4.69) is 31.2 Å². The molecule has 0 aromatic heterocycles. The summed E-state index contributed by atoms with van der Waals surface area (Å²) in [6.45, 7) is 4.15. The van der Waals surface area contributed by atoms with Gasteiger partial charge in [-0.1, -0.05) is 49.4 Å². The lowest BCUT2D eigenvalue weighted by Gasteiger charge is -2.03. The molecule has 0 spiro atoms. The molecule has 1 nitrogen and oxygen atoms in total. The fourth-order valence-electron chi connectivity index (χ4n) is 1.61. The van der Waals surface area contributed by atoms with Crippen molar-refractivity contribution in [3.05, 3.63) is 53.6 Å². The summed E-state index contributed by atoms with van der Waals surface area (Å²) in [5.74, 6) is 0. The Morgan fingerprint density at radius 3 is 2.44 bits per heavy atom. The van der Waals surface area contributed by atoms with Gasteiger partial charge in [0.1, 0.15) is 6.29 Å². The minimum Gasteiger partial charge on any atom is -0.303 e. The number of carbonyl (C=O) groups excluding carboxylic acids is 1. The number of carbonyl (C=O) groups is 1. The van der Waals surface area contributed by atoms with Crippen molar-refractivity contribution >= 4 is 11.9 Å². The lowest BCUT2D eigenvalue weighted by molar-refractivity contribution is -0.107. The summed E-state index contributed by atoms with van der Waals surface area (Å²) in [7, 11) is 0. The molecule has 0 N–H and O–H groups in total. The summed E-state index contributed by atoms with van der Waals surface area (Å²) < 4.78 is 0. The lowest BCUT2D eigenvalue weighted by Crippen LogP contribution is -1.87. The van der Waals surface area contributed by atoms with Crippen LogP contribution in [0.4, 0.5) is 0 Å². The van der Waals surface area contributed by atoms with Crippen LogP contribution >= 0.6 is 0 Å². The zero-order chi connectivity index (χ0) is 11.8. The van der Waals surface area contributed by atoms with E-state index in [-0.39, 0.29) is 0 Å². The number of allylic oxidation sites excluding steroid dienone is 4. The molecule has 0 aliphatic carbocycles. The maximum Gasteiger partial charge on any atom is 0.124 e. The van der Waals surface area contributed by atoms with E-state index in [0.717, 1.165) is 18.3 Å². The summed E-state index contributed by atoms with van der Waals surface area (Å²) in [6, 6.07) is 8.16. The van der Waals surface area contributed by atoms with E-state index in [9.17, 15) is 4.79 Å². The molecule has 0 aliphatic rings. The SMILES string of the molecule is C/C=C\C(=C/CC)c1ccc(CC=O)cc1. The van der Waals surface area contributed by atoms with Gasteiger partial charge in [-0.3, -0.25) is 0 Å². The molecule has 1 aromatic rings. The fraction of sp³-hybridized carbons (Fsp3) is 0.267. The first-order valence-corrected chi connectivity index (χ1v) is 5.67. The Labute approximate surface area is 97.5 Å². The number of aldehydes is 1. The van der Waals surface area contributed by atoms with Gasteiger partial charge in [0.05, 0.1) is 0 Å². The second-order valence-electron chi connectivity index (χ2n) is 3.64. The molecule has 0 heterocycles. The van der Waals surface area contributed by atoms with Gasteiger partial charge < -0.3 is 4.79 Å². The van der Waals surface area contributed by atoms with E-state index in [0.29, 0.717) is 6.42 Å². The molecule has 0 fully saturated rings. The quantitative estimate of drug-likeness (QED) is 0.538. The Balaban J connectivity index is 2.94. The molecule has 0 aliphatic heterocycles. The van der Waals surface area contributed by atoms with Gasteiger partial charge >= 0.3 is 0 Å². The van der Waals surface area contributed by atoms with Crippen LogP contribution in [0.25, 0.3) is 5.57 Å². The summed E-state index contributed by atoms with van der Waals surface area (Å²) in [6.07, 6.45) is 8.81. The smallest absolute Gasteiger partial charge is 0.124 e. The van der Waals surface area contributed by atoms with Crippen LogP contribution < -0.4 is 0 Å². The molecule has 0 saturated heterocycles. The minimum absolute atomic E-state index is 0.497. The molecule has 0 amide bonds. The molecular weight excluding hydrogens is 196 g/mol. The minimum atomic E-state index is 0.497. The van der Waals surface area contributed by atoms with E-state index in [1.54, 1.807) is 0 Å². The van der Waals surface area contributed by atoms with Gasteiger partial charge in [0, 0.05) is 6.42 Å². The van der Waals surface area contributed by atoms with E-state index >= 15 is 0 Å². The average Bonchev–Trinajstić information content (AvgIpc) is 2.30. The second kappa shape index (κ2) is 6.78. The van der Waals surface area contributed by atoms with E-state index in [1.165, 1.54) is 11.1 Å². The zero-order valence-corrected chi connectivity index (χ0v) is 9.94. The van der Waals surface area contributed by atoms with Crippen molar-refractivity contribution in [2.45, 2.75) is 26.7 Å². The van der Waals surface area contributed by atoms with Crippen molar-refractivity contribution in [3.63, 3.8) is 0 Å². The predicted molar refractivity (Wildman–Crippen MR) is 69.3 cm³/mol. The van der Waals surface area contributed by atoms with Crippen molar-refractivity contribution in [2.24, 2.45) is 0 Å². The third-order valence-corrected chi connectivity index (χ3v) is 2.38. The third-order valence-electron chi connectivity index (χ3n) is 2.38. The fourth-order valence-corrected chi connectivity index (χ4v) is 1.61. The first-order chi connectivity index (χ1) is 7.81. The molecule has 0 bridgehead atoms. The number of hydrogen-bond donors (Lipinski definition) is 0. The number of hydrogen-bond acceptors (Lipinski definition) is 1. The van der Waals surface area contributed by atoms with Crippen LogP contribution in [0.2, 0.25) is 0 Å². The maximum absolute atomic E-state index is 10.4. The number of rotatable bonds is 5. The van der Waals surface area contributed by atoms with Gasteiger partial charge in [-0.25, -0.2) is 0 Å². The monoisotopic (exact) mass is 214 g/mol. The molecule has 16 heavy (non-hydrogen) atoms. The van der Waals surface area contributed by atoms with Crippen LogP contribution in [0.5, 0.6) is 0 Å². The normalized spacial score (nSPS) is 12.0. The first-order valence-electron chi connectivity index (χ1n) is 5.67. The Morgan fingerprint density at radius 1 is 1.25 bits per heavy atom. The summed E-state index contributed by atoms with van der Waals surface area (Å²) >= 11 is 0. The average molecular weight is 214 g/mol. The van der Waals surface area contributed by atoms with Gasteiger partial charge in [-0.05, 0) is 30.0 Å². The molecular formula is C15H18O. The summed E-state index contributed by atoms with van der Waals surface area (Å²) in [4.78, 5) is 10.4.